The Morgan fingerprint density at radius 1 is 1.28 bits per heavy atom. The van der Waals surface area contributed by atoms with Crippen LogP contribution >= 0.6 is 22.9 Å². The number of rotatable bonds is 5. The molecule has 0 aliphatic carbocycles. The van der Waals surface area contributed by atoms with E-state index >= 15 is 0 Å². The van der Waals surface area contributed by atoms with E-state index in [0.29, 0.717) is 17.3 Å². The first-order valence-electron chi connectivity index (χ1n) is 7.90. The molecule has 7 heteroatoms. The van der Waals surface area contributed by atoms with Crippen LogP contribution in [0.15, 0.2) is 47.8 Å². The minimum Gasteiger partial charge on any atom is -0.335 e. The molecule has 0 aliphatic heterocycles. The van der Waals surface area contributed by atoms with Gasteiger partial charge in [0.15, 0.2) is 0 Å². The van der Waals surface area contributed by atoms with Crippen molar-refractivity contribution in [2.24, 2.45) is 0 Å². The molecule has 25 heavy (non-hydrogen) atoms. The Hall–Kier alpha value is -2.31. The molecular formula is C18H19ClN4OS. The largest absolute Gasteiger partial charge is 0.335 e. The summed E-state index contributed by atoms with van der Waals surface area (Å²) >= 11 is 7.73. The molecular weight excluding hydrogens is 356 g/mol. The van der Waals surface area contributed by atoms with Gasteiger partial charge < -0.3 is 10.6 Å². The predicted octanol–water partition coefficient (Wildman–Crippen LogP) is 4.63. The Labute approximate surface area is 155 Å². The zero-order valence-corrected chi connectivity index (χ0v) is 15.6. The van der Waals surface area contributed by atoms with Crippen molar-refractivity contribution in [3.05, 3.63) is 69.1 Å². The fourth-order valence-electron chi connectivity index (χ4n) is 2.67. The van der Waals surface area contributed by atoms with Crippen molar-refractivity contribution in [3.63, 3.8) is 0 Å². The molecule has 130 valence electrons. The highest BCUT2D eigenvalue weighted by Crippen LogP contribution is 2.24. The molecule has 2 N–H and O–H groups in total. The number of anilines is 1. The van der Waals surface area contributed by atoms with E-state index in [0.717, 1.165) is 16.3 Å². The van der Waals surface area contributed by atoms with Gasteiger partial charge in [-0.25, -0.2) is 4.79 Å². The standard InChI is InChI=1S/C18H19ClN4OS/c1-12-10-13(2)23(22-12)16(17-8-5-9-25-17)11-20-18(24)21-15-7-4-3-6-14(15)19/h3-10,16H,11H2,1-2H3,(H2,20,21,24). The van der Waals surface area contributed by atoms with Gasteiger partial charge in [0, 0.05) is 17.1 Å². The Bertz CT molecular complexity index is 860. The Kier molecular flexibility index (Phi) is 5.40. The lowest BCUT2D eigenvalue weighted by atomic mass is 10.2. The summed E-state index contributed by atoms with van der Waals surface area (Å²) in [5, 5.41) is 12.8. The minimum atomic E-state index is -0.295. The second kappa shape index (κ2) is 7.72. The van der Waals surface area contributed by atoms with E-state index in [1.54, 1.807) is 23.5 Å². The Balaban J connectivity index is 1.72. The number of aryl methyl sites for hydroxylation is 2. The smallest absolute Gasteiger partial charge is 0.319 e. The second-order valence-corrected chi connectivity index (χ2v) is 7.10. The molecule has 2 heterocycles. The fourth-order valence-corrected chi connectivity index (χ4v) is 3.66. The highest BCUT2D eigenvalue weighted by molar-refractivity contribution is 7.10. The van der Waals surface area contributed by atoms with Crippen LogP contribution in [0.3, 0.4) is 0 Å². The molecule has 1 aromatic carbocycles. The predicted molar refractivity (Wildman–Crippen MR) is 103 cm³/mol. The van der Waals surface area contributed by atoms with Crippen LogP contribution < -0.4 is 10.6 Å². The van der Waals surface area contributed by atoms with Crippen LogP contribution in [0.25, 0.3) is 0 Å². The Morgan fingerprint density at radius 2 is 2.08 bits per heavy atom. The van der Waals surface area contributed by atoms with Crippen LogP contribution in [-0.4, -0.2) is 22.4 Å². The van der Waals surface area contributed by atoms with E-state index in [1.165, 1.54) is 0 Å². The third kappa shape index (κ3) is 4.21. The summed E-state index contributed by atoms with van der Waals surface area (Å²) in [6.45, 7) is 4.41. The zero-order chi connectivity index (χ0) is 17.8. The average Bonchev–Trinajstić information content (AvgIpc) is 3.20. The average molecular weight is 375 g/mol. The lowest BCUT2D eigenvalue weighted by molar-refractivity contribution is 0.250. The normalized spacial score (nSPS) is 12.0. The molecule has 1 atom stereocenters. The summed E-state index contributed by atoms with van der Waals surface area (Å²) in [4.78, 5) is 13.4. The first-order chi connectivity index (χ1) is 12.0. The van der Waals surface area contributed by atoms with Gasteiger partial charge in [0.2, 0.25) is 0 Å². The van der Waals surface area contributed by atoms with E-state index in [1.807, 2.05) is 48.2 Å². The number of carbonyl (C=O) groups is 1. The van der Waals surface area contributed by atoms with Crippen LogP contribution in [0.5, 0.6) is 0 Å². The van der Waals surface area contributed by atoms with Gasteiger partial charge in [0.05, 0.1) is 16.4 Å². The number of aromatic nitrogens is 2. The summed E-state index contributed by atoms with van der Waals surface area (Å²) in [5.41, 5.74) is 2.60. The number of urea groups is 1. The van der Waals surface area contributed by atoms with Gasteiger partial charge in [-0.3, -0.25) is 4.68 Å². The lowest BCUT2D eigenvalue weighted by Crippen LogP contribution is -2.34. The number of hydrogen-bond acceptors (Lipinski definition) is 3. The number of para-hydroxylation sites is 1. The van der Waals surface area contributed by atoms with Crippen molar-refractivity contribution in [2.45, 2.75) is 19.9 Å². The summed E-state index contributed by atoms with van der Waals surface area (Å²) < 4.78 is 1.96. The van der Waals surface area contributed by atoms with Crippen LogP contribution in [0.2, 0.25) is 5.02 Å². The molecule has 0 aliphatic rings. The van der Waals surface area contributed by atoms with Gasteiger partial charge in [-0.1, -0.05) is 29.8 Å². The summed E-state index contributed by atoms with van der Waals surface area (Å²) in [5.74, 6) is 0. The zero-order valence-electron chi connectivity index (χ0n) is 14.0. The van der Waals surface area contributed by atoms with E-state index in [9.17, 15) is 4.79 Å². The topological polar surface area (TPSA) is 59.0 Å². The van der Waals surface area contributed by atoms with Crippen molar-refractivity contribution in [1.29, 1.82) is 0 Å². The van der Waals surface area contributed by atoms with Crippen LogP contribution in [0, 0.1) is 13.8 Å². The fraction of sp³-hybridized carbons (Fsp3) is 0.222. The quantitative estimate of drug-likeness (QED) is 0.684. The van der Waals surface area contributed by atoms with Crippen molar-refractivity contribution in [3.8, 4) is 0 Å². The number of nitrogens with zero attached hydrogens (tertiary/aromatic N) is 2. The number of benzene rings is 1. The first-order valence-corrected chi connectivity index (χ1v) is 9.16. The van der Waals surface area contributed by atoms with E-state index in [-0.39, 0.29) is 12.1 Å². The first kappa shape index (κ1) is 17.5. The minimum absolute atomic E-state index is 0.0503. The lowest BCUT2D eigenvalue weighted by Gasteiger charge is -2.19. The molecule has 0 saturated heterocycles. The van der Waals surface area contributed by atoms with Crippen molar-refractivity contribution < 1.29 is 4.79 Å². The maximum atomic E-state index is 12.3. The van der Waals surface area contributed by atoms with Crippen LogP contribution in [0.4, 0.5) is 10.5 Å². The van der Waals surface area contributed by atoms with E-state index in [4.69, 9.17) is 11.6 Å². The van der Waals surface area contributed by atoms with Gasteiger partial charge in [-0.05, 0) is 43.5 Å². The molecule has 5 nitrogen and oxygen atoms in total. The van der Waals surface area contributed by atoms with E-state index in [2.05, 4.69) is 21.8 Å². The maximum absolute atomic E-state index is 12.3. The summed E-state index contributed by atoms with van der Waals surface area (Å²) in [6.07, 6.45) is 0. The third-order valence-corrected chi connectivity index (χ3v) is 5.09. The number of nitrogens with one attached hydrogen (secondary N) is 2. The molecule has 3 rings (SSSR count). The number of hydrogen-bond donors (Lipinski definition) is 2. The van der Waals surface area contributed by atoms with Crippen LogP contribution in [-0.2, 0) is 0 Å². The van der Waals surface area contributed by atoms with E-state index < -0.39 is 0 Å². The van der Waals surface area contributed by atoms with Gasteiger partial charge >= 0.3 is 6.03 Å². The molecule has 0 spiro atoms. The Morgan fingerprint density at radius 3 is 2.72 bits per heavy atom. The monoisotopic (exact) mass is 374 g/mol. The number of carbonyl (C=O) groups excluding carboxylic acids is 1. The maximum Gasteiger partial charge on any atom is 0.319 e. The molecule has 1 unspecified atom stereocenters. The molecule has 0 bridgehead atoms. The van der Waals surface area contributed by atoms with Crippen molar-refractivity contribution in [1.82, 2.24) is 15.1 Å². The van der Waals surface area contributed by atoms with Gasteiger partial charge in [0.1, 0.15) is 6.04 Å². The van der Waals surface area contributed by atoms with Crippen molar-refractivity contribution in [2.75, 3.05) is 11.9 Å². The summed E-state index contributed by atoms with van der Waals surface area (Å²) in [6, 6.07) is 12.9. The van der Waals surface area contributed by atoms with Gasteiger partial charge in [0.25, 0.3) is 0 Å². The second-order valence-electron chi connectivity index (χ2n) is 5.72. The molecule has 2 aromatic heterocycles. The summed E-state index contributed by atoms with van der Waals surface area (Å²) in [7, 11) is 0. The molecule has 0 saturated carbocycles. The number of thiophene rings is 1. The van der Waals surface area contributed by atoms with Gasteiger partial charge in [-0.2, -0.15) is 5.10 Å². The van der Waals surface area contributed by atoms with Gasteiger partial charge in [-0.15, -0.1) is 11.3 Å². The SMILES string of the molecule is Cc1cc(C)n(C(CNC(=O)Nc2ccccc2Cl)c2cccs2)n1. The number of amides is 2. The molecule has 0 fully saturated rings. The molecule has 2 amide bonds. The highest BCUT2D eigenvalue weighted by Gasteiger charge is 2.19. The molecule has 3 aromatic rings. The van der Waals surface area contributed by atoms with Crippen molar-refractivity contribution >= 4 is 34.7 Å². The van der Waals surface area contributed by atoms with Crippen LogP contribution in [0.1, 0.15) is 22.3 Å². The molecule has 0 radical (unpaired) electrons. The highest BCUT2D eigenvalue weighted by atomic mass is 35.5. The number of halogens is 1. The third-order valence-electron chi connectivity index (χ3n) is 3.79.